The van der Waals surface area contributed by atoms with Gasteiger partial charge in [0.15, 0.2) is 0 Å². The highest BCUT2D eigenvalue weighted by Gasteiger charge is 2.03. The number of benzene rings is 2. The smallest absolute Gasteiger partial charge is 0.149 e. The number of nitrogens with one attached hydrogen (secondary N) is 1. The summed E-state index contributed by atoms with van der Waals surface area (Å²) in [6.07, 6.45) is 1.77. The first kappa shape index (κ1) is 12.6. The van der Waals surface area contributed by atoms with Crippen LogP contribution in [-0.4, -0.2) is 9.97 Å². The van der Waals surface area contributed by atoms with Crippen LogP contribution in [0.4, 0.5) is 11.5 Å². The maximum atomic E-state index is 4.58. The van der Waals surface area contributed by atoms with E-state index in [0.29, 0.717) is 0 Å². The van der Waals surface area contributed by atoms with Crippen molar-refractivity contribution in [2.75, 3.05) is 5.32 Å². The van der Waals surface area contributed by atoms with Gasteiger partial charge in [-0.3, -0.25) is 4.98 Å². The molecule has 1 heterocycles. The lowest BCUT2D eigenvalue weighted by molar-refractivity contribution is 1.24. The Morgan fingerprint density at radius 1 is 0.900 bits per heavy atom. The van der Waals surface area contributed by atoms with Gasteiger partial charge in [0, 0.05) is 5.69 Å². The molecule has 0 aliphatic rings. The summed E-state index contributed by atoms with van der Waals surface area (Å²) in [6.45, 7) is 6.39. The van der Waals surface area contributed by atoms with Gasteiger partial charge in [0.1, 0.15) is 5.82 Å². The zero-order chi connectivity index (χ0) is 14.1. The van der Waals surface area contributed by atoms with Crippen molar-refractivity contribution in [1.82, 2.24) is 9.97 Å². The Balaban J connectivity index is 1.96. The molecule has 0 aliphatic heterocycles. The first-order valence-electron chi connectivity index (χ1n) is 6.70. The second kappa shape index (κ2) is 4.93. The molecule has 1 N–H and O–H groups in total. The van der Waals surface area contributed by atoms with E-state index >= 15 is 0 Å². The molecule has 0 fully saturated rings. The summed E-state index contributed by atoms with van der Waals surface area (Å²) in [4.78, 5) is 8.99. The van der Waals surface area contributed by atoms with Gasteiger partial charge in [0.05, 0.1) is 17.2 Å². The van der Waals surface area contributed by atoms with Crippen molar-refractivity contribution in [3.05, 3.63) is 59.3 Å². The molecule has 3 aromatic rings. The number of hydrogen-bond acceptors (Lipinski definition) is 3. The fourth-order valence-corrected chi connectivity index (χ4v) is 2.27. The van der Waals surface area contributed by atoms with Gasteiger partial charge in [-0.25, -0.2) is 4.98 Å². The van der Waals surface area contributed by atoms with E-state index in [9.17, 15) is 0 Å². The lowest BCUT2D eigenvalue weighted by atomic mass is 10.0. The zero-order valence-electron chi connectivity index (χ0n) is 11.9. The number of nitrogens with zero attached hydrogens (tertiary/aromatic N) is 2. The molecule has 100 valence electrons. The molecule has 2 aromatic carbocycles. The Morgan fingerprint density at radius 3 is 2.25 bits per heavy atom. The molecule has 0 bridgehead atoms. The molecular formula is C17H17N3. The Bertz CT molecular complexity index is 755. The summed E-state index contributed by atoms with van der Waals surface area (Å²) in [5, 5.41) is 3.33. The summed E-state index contributed by atoms with van der Waals surface area (Å²) >= 11 is 0. The fraction of sp³-hybridized carbons (Fsp3) is 0.176. The molecule has 3 heteroatoms. The average molecular weight is 263 g/mol. The monoisotopic (exact) mass is 263 g/mol. The minimum Gasteiger partial charge on any atom is -0.339 e. The molecule has 0 saturated carbocycles. The van der Waals surface area contributed by atoms with Crippen molar-refractivity contribution in [3.8, 4) is 0 Å². The van der Waals surface area contributed by atoms with Gasteiger partial charge >= 0.3 is 0 Å². The number of rotatable bonds is 2. The summed E-state index contributed by atoms with van der Waals surface area (Å²) in [5.41, 5.74) is 6.75. The molecule has 0 amide bonds. The van der Waals surface area contributed by atoms with Crippen LogP contribution in [-0.2, 0) is 0 Å². The molecule has 1 aromatic heterocycles. The van der Waals surface area contributed by atoms with Crippen LogP contribution in [0.2, 0.25) is 0 Å². The number of anilines is 2. The molecule has 0 spiro atoms. The summed E-state index contributed by atoms with van der Waals surface area (Å²) in [6, 6.07) is 12.2. The summed E-state index contributed by atoms with van der Waals surface area (Å²) in [5.74, 6) is 0.770. The second-order valence-corrected chi connectivity index (χ2v) is 5.10. The SMILES string of the molecule is Cc1cc(Nc2cnc3ccccc3n2)cc(C)c1C. The quantitative estimate of drug-likeness (QED) is 0.749. The number of hydrogen-bond donors (Lipinski definition) is 1. The van der Waals surface area contributed by atoms with Crippen LogP contribution in [0.1, 0.15) is 16.7 Å². The summed E-state index contributed by atoms with van der Waals surface area (Å²) in [7, 11) is 0. The van der Waals surface area contributed by atoms with Crippen molar-refractivity contribution < 1.29 is 0 Å². The highest BCUT2D eigenvalue weighted by atomic mass is 15.0. The van der Waals surface area contributed by atoms with Crippen LogP contribution in [0.25, 0.3) is 11.0 Å². The molecule has 0 unspecified atom stereocenters. The Kier molecular flexibility index (Phi) is 3.11. The van der Waals surface area contributed by atoms with E-state index in [4.69, 9.17) is 0 Å². The molecule has 3 nitrogen and oxygen atoms in total. The van der Waals surface area contributed by atoms with Gasteiger partial charge in [-0.15, -0.1) is 0 Å². The van der Waals surface area contributed by atoms with E-state index in [1.54, 1.807) is 6.20 Å². The maximum absolute atomic E-state index is 4.58. The highest BCUT2D eigenvalue weighted by molar-refractivity contribution is 5.76. The first-order valence-corrected chi connectivity index (χ1v) is 6.70. The third kappa shape index (κ3) is 2.35. The van der Waals surface area contributed by atoms with E-state index in [1.165, 1.54) is 16.7 Å². The van der Waals surface area contributed by atoms with Gasteiger partial charge < -0.3 is 5.32 Å². The largest absolute Gasteiger partial charge is 0.339 e. The minimum atomic E-state index is 0.770. The normalized spacial score (nSPS) is 10.8. The van der Waals surface area contributed by atoms with Crippen molar-refractivity contribution in [2.45, 2.75) is 20.8 Å². The van der Waals surface area contributed by atoms with Crippen LogP contribution < -0.4 is 5.32 Å². The van der Waals surface area contributed by atoms with Crippen molar-refractivity contribution >= 4 is 22.5 Å². The van der Waals surface area contributed by atoms with Crippen LogP contribution in [0.3, 0.4) is 0 Å². The third-order valence-corrected chi connectivity index (χ3v) is 3.65. The molecule has 0 radical (unpaired) electrons. The van der Waals surface area contributed by atoms with Gasteiger partial charge in [-0.05, 0) is 61.7 Å². The van der Waals surface area contributed by atoms with Crippen molar-refractivity contribution in [3.63, 3.8) is 0 Å². The number of aryl methyl sites for hydroxylation is 2. The topological polar surface area (TPSA) is 37.8 Å². The lowest BCUT2D eigenvalue weighted by Crippen LogP contribution is -1.97. The van der Waals surface area contributed by atoms with E-state index in [-0.39, 0.29) is 0 Å². The Hall–Kier alpha value is -2.42. The van der Waals surface area contributed by atoms with Gasteiger partial charge in [-0.2, -0.15) is 0 Å². The molecule has 3 rings (SSSR count). The van der Waals surface area contributed by atoms with E-state index in [0.717, 1.165) is 22.5 Å². The zero-order valence-corrected chi connectivity index (χ0v) is 11.9. The van der Waals surface area contributed by atoms with E-state index in [1.807, 2.05) is 24.3 Å². The fourth-order valence-electron chi connectivity index (χ4n) is 2.27. The van der Waals surface area contributed by atoms with Crippen molar-refractivity contribution in [2.24, 2.45) is 0 Å². The van der Waals surface area contributed by atoms with Gasteiger partial charge in [0.25, 0.3) is 0 Å². The molecular weight excluding hydrogens is 246 g/mol. The van der Waals surface area contributed by atoms with Crippen LogP contribution in [0.5, 0.6) is 0 Å². The van der Waals surface area contributed by atoms with Crippen LogP contribution >= 0.6 is 0 Å². The van der Waals surface area contributed by atoms with E-state index < -0.39 is 0 Å². The van der Waals surface area contributed by atoms with Crippen molar-refractivity contribution in [1.29, 1.82) is 0 Å². The standard InChI is InChI=1S/C17H17N3/c1-11-8-14(9-12(2)13(11)3)19-17-10-18-15-6-4-5-7-16(15)20-17/h4-10H,1-3H3,(H,19,20). The number of fused-ring (bicyclic) bond motifs is 1. The predicted octanol–water partition coefficient (Wildman–Crippen LogP) is 4.30. The second-order valence-electron chi connectivity index (χ2n) is 5.10. The summed E-state index contributed by atoms with van der Waals surface area (Å²) < 4.78 is 0. The van der Waals surface area contributed by atoms with Crippen LogP contribution in [0, 0.1) is 20.8 Å². The Labute approximate surface area is 118 Å². The number of aromatic nitrogens is 2. The highest BCUT2D eigenvalue weighted by Crippen LogP contribution is 2.22. The molecule has 0 atom stereocenters. The predicted molar refractivity (Wildman–Crippen MR) is 83.5 cm³/mol. The minimum absolute atomic E-state index is 0.770. The number of para-hydroxylation sites is 2. The molecule has 20 heavy (non-hydrogen) atoms. The lowest BCUT2D eigenvalue weighted by Gasteiger charge is -2.11. The average Bonchev–Trinajstić information content (AvgIpc) is 2.44. The third-order valence-electron chi connectivity index (χ3n) is 3.65. The van der Waals surface area contributed by atoms with Gasteiger partial charge in [0.2, 0.25) is 0 Å². The Morgan fingerprint density at radius 2 is 1.55 bits per heavy atom. The first-order chi connectivity index (χ1) is 9.63. The van der Waals surface area contributed by atoms with E-state index in [2.05, 4.69) is 48.2 Å². The van der Waals surface area contributed by atoms with Gasteiger partial charge in [-0.1, -0.05) is 12.1 Å². The maximum Gasteiger partial charge on any atom is 0.149 e. The molecule has 0 aliphatic carbocycles. The van der Waals surface area contributed by atoms with Crippen LogP contribution in [0.15, 0.2) is 42.6 Å². The molecule has 0 saturated heterocycles.